The van der Waals surface area contributed by atoms with Crippen LogP contribution in [0.5, 0.6) is 0 Å². The zero-order valence-corrected chi connectivity index (χ0v) is 11.1. The van der Waals surface area contributed by atoms with Crippen molar-refractivity contribution in [2.75, 3.05) is 0 Å². The lowest BCUT2D eigenvalue weighted by Gasteiger charge is -2.11. The van der Waals surface area contributed by atoms with Gasteiger partial charge in [-0.05, 0) is 48.4 Å². The lowest BCUT2D eigenvalue weighted by molar-refractivity contribution is 0.664. The molecule has 0 saturated carbocycles. The molecule has 0 saturated heterocycles. The highest BCUT2D eigenvalue weighted by molar-refractivity contribution is 5.34. The Morgan fingerprint density at radius 1 is 1.00 bits per heavy atom. The van der Waals surface area contributed by atoms with Gasteiger partial charge in [0.1, 0.15) is 0 Å². The highest BCUT2D eigenvalue weighted by atomic mass is 14.1. The SMILES string of the molecule is CCCCCCc1[c]ccc(CC)c1CC. The highest BCUT2D eigenvalue weighted by Gasteiger charge is 2.05. The Labute approximate surface area is 101 Å². The average molecular weight is 217 g/mol. The molecule has 1 rings (SSSR count). The number of rotatable bonds is 7. The molecule has 0 heterocycles. The largest absolute Gasteiger partial charge is 0.0654 e. The minimum atomic E-state index is 1.15. The van der Waals surface area contributed by atoms with E-state index in [4.69, 9.17) is 0 Å². The third-order valence-corrected chi connectivity index (χ3v) is 3.31. The van der Waals surface area contributed by atoms with Gasteiger partial charge >= 0.3 is 0 Å². The maximum Gasteiger partial charge on any atom is -0.0146 e. The number of hydrogen-bond donors (Lipinski definition) is 0. The predicted octanol–water partition coefficient (Wildman–Crippen LogP) is 4.73. The first kappa shape index (κ1) is 13.3. The van der Waals surface area contributed by atoms with Crippen molar-refractivity contribution in [3.8, 4) is 0 Å². The molecule has 0 fully saturated rings. The van der Waals surface area contributed by atoms with E-state index in [0.29, 0.717) is 0 Å². The zero-order valence-electron chi connectivity index (χ0n) is 11.1. The van der Waals surface area contributed by atoms with Gasteiger partial charge in [0.15, 0.2) is 0 Å². The first-order chi connectivity index (χ1) is 7.83. The van der Waals surface area contributed by atoms with Gasteiger partial charge in [0, 0.05) is 0 Å². The number of unbranched alkanes of at least 4 members (excludes halogenated alkanes) is 3. The lowest BCUT2D eigenvalue weighted by atomic mass is 9.94. The van der Waals surface area contributed by atoms with E-state index in [2.05, 4.69) is 39.0 Å². The molecular formula is C16H25. The third-order valence-electron chi connectivity index (χ3n) is 3.31. The summed E-state index contributed by atoms with van der Waals surface area (Å²) < 4.78 is 0. The van der Waals surface area contributed by atoms with E-state index < -0.39 is 0 Å². The Morgan fingerprint density at radius 3 is 2.44 bits per heavy atom. The van der Waals surface area contributed by atoms with Gasteiger partial charge in [-0.15, -0.1) is 0 Å². The molecule has 0 aliphatic rings. The second kappa shape index (κ2) is 7.49. The van der Waals surface area contributed by atoms with Crippen molar-refractivity contribution in [1.29, 1.82) is 0 Å². The number of benzene rings is 1. The molecule has 0 N–H and O–H groups in total. The van der Waals surface area contributed by atoms with E-state index >= 15 is 0 Å². The average Bonchev–Trinajstić information content (AvgIpc) is 2.34. The number of hydrogen-bond acceptors (Lipinski definition) is 0. The summed E-state index contributed by atoms with van der Waals surface area (Å²) in [5.74, 6) is 0. The van der Waals surface area contributed by atoms with E-state index in [1.807, 2.05) is 0 Å². The molecule has 0 bridgehead atoms. The second-order valence-electron chi connectivity index (χ2n) is 4.48. The van der Waals surface area contributed by atoms with Gasteiger partial charge < -0.3 is 0 Å². The standard InChI is InChI=1S/C16H25/c1-4-7-8-9-11-15-13-10-12-14(5-2)16(15)6-3/h10,12H,4-9,11H2,1-3H3. The molecule has 0 amide bonds. The van der Waals surface area contributed by atoms with Crippen LogP contribution in [0.25, 0.3) is 0 Å². The van der Waals surface area contributed by atoms with E-state index in [-0.39, 0.29) is 0 Å². The maximum absolute atomic E-state index is 3.44. The summed E-state index contributed by atoms with van der Waals surface area (Å²) in [7, 11) is 0. The van der Waals surface area contributed by atoms with Gasteiger partial charge in [0.25, 0.3) is 0 Å². The summed E-state index contributed by atoms with van der Waals surface area (Å²) in [5.41, 5.74) is 4.55. The Bertz CT molecular complexity index is 299. The molecule has 0 aromatic heterocycles. The number of aryl methyl sites for hydroxylation is 2. The van der Waals surface area contributed by atoms with Crippen LogP contribution in [0.3, 0.4) is 0 Å². The summed E-state index contributed by atoms with van der Waals surface area (Å²) in [4.78, 5) is 0. The molecule has 0 spiro atoms. The summed E-state index contributed by atoms with van der Waals surface area (Å²) in [6, 6.07) is 7.77. The van der Waals surface area contributed by atoms with Crippen molar-refractivity contribution < 1.29 is 0 Å². The molecule has 1 aromatic rings. The van der Waals surface area contributed by atoms with Crippen molar-refractivity contribution in [3.63, 3.8) is 0 Å². The molecule has 1 aromatic carbocycles. The first-order valence-corrected chi connectivity index (χ1v) is 6.84. The summed E-state index contributed by atoms with van der Waals surface area (Å²) in [6.07, 6.45) is 8.91. The molecule has 1 radical (unpaired) electrons. The molecule has 0 heteroatoms. The fourth-order valence-corrected chi connectivity index (χ4v) is 2.35. The normalized spacial score (nSPS) is 10.7. The van der Waals surface area contributed by atoms with Crippen LogP contribution in [0.1, 0.15) is 63.1 Å². The smallest absolute Gasteiger partial charge is 0.0146 e. The molecule has 0 aliphatic carbocycles. The van der Waals surface area contributed by atoms with Crippen molar-refractivity contribution in [2.24, 2.45) is 0 Å². The van der Waals surface area contributed by atoms with Crippen LogP contribution in [0.4, 0.5) is 0 Å². The van der Waals surface area contributed by atoms with E-state index in [1.165, 1.54) is 43.2 Å². The summed E-state index contributed by atoms with van der Waals surface area (Å²) in [6.45, 7) is 6.77. The van der Waals surface area contributed by atoms with Crippen LogP contribution in [-0.4, -0.2) is 0 Å². The monoisotopic (exact) mass is 217 g/mol. The van der Waals surface area contributed by atoms with Gasteiger partial charge in [0.05, 0.1) is 0 Å². The van der Waals surface area contributed by atoms with Gasteiger partial charge in [-0.2, -0.15) is 0 Å². The molecule has 0 unspecified atom stereocenters. The van der Waals surface area contributed by atoms with E-state index in [0.717, 1.165) is 12.8 Å². The molecule has 0 atom stereocenters. The highest BCUT2D eigenvalue weighted by Crippen LogP contribution is 2.18. The second-order valence-corrected chi connectivity index (χ2v) is 4.48. The topological polar surface area (TPSA) is 0 Å². The zero-order chi connectivity index (χ0) is 11.8. The van der Waals surface area contributed by atoms with Crippen LogP contribution in [0, 0.1) is 6.07 Å². The molecule has 0 aliphatic heterocycles. The Morgan fingerprint density at radius 2 is 1.81 bits per heavy atom. The van der Waals surface area contributed by atoms with Gasteiger partial charge in [-0.1, -0.05) is 52.2 Å². The van der Waals surface area contributed by atoms with Crippen LogP contribution >= 0.6 is 0 Å². The van der Waals surface area contributed by atoms with Crippen molar-refractivity contribution in [2.45, 2.75) is 65.7 Å². The van der Waals surface area contributed by atoms with Crippen molar-refractivity contribution in [1.82, 2.24) is 0 Å². The van der Waals surface area contributed by atoms with Crippen LogP contribution < -0.4 is 0 Å². The molecule has 89 valence electrons. The Hall–Kier alpha value is -0.780. The minimum Gasteiger partial charge on any atom is -0.0654 e. The molecular weight excluding hydrogens is 192 g/mol. The van der Waals surface area contributed by atoms with Gasteiger partial charge in [-0.3, -0.25) is 0 Å². The Kier molecular flexibility index (Phi) is 6.22. The van der Waals surface area contributed by atoms with Crippen molar-refractivity contribution >= 4 is 0 Å². The van der Waals surface area contributed by atoms with E-state index in [9.17, 15) is 0 Å². The van der Waals surface area contributed by atoms with Crippen LogP contribution in [0.15, 0.2) is 12.1 Å². The molecule has 0 nitrogen and oxygen atoms in total. The minimum absolute atomic E-state index is 1.15. The lowest BCUT2D eigenvalue weighted by Crippen LogP contribution is -1.98. The fraction of sp³-hybridized carbons (Fsp3) is 0.625. The quantitative estimate of drug-likeness (QED) is 0.579. The third kappa shape index (κ3) is 3.66. The Balaban J connectivity index is 2.63. The van der Waals surface area contributed by atoms with Crippen molar-refractivity contribution in [3.05, 3.63) is 34.9 Å². The van der Waals surface area contributed by atoms with Crippen LogP contribution in [0.2, 0.25) is 0 Å². The first-order valence-electron chi connectivity index (χ1n) is 6.84. The predicted molar refractivity (Wildman–Crippen MR) is 71.9 cm³/mol. The van der Waals surface area contributed by atoms with Gasteiger partial charge in [0.2, 0.25) is 0 Å². The summed E-state index contributed by atoms with van der Waals surface area (Å²) >= 11 is 0. The summed E-state index contributed by atoms with van der Waals surface area (Å²) in [5, 5.41) is 0. The fourth-order valence-electron chi connectivity index (χ4n) is 2.35. The van der Waals surface area contributed by atoms with E-state index in [1.54, 1.807) is 5.56 Å². The van der Waals surface area contributed by atoms with Gasteiger partial charge in [-0.25, -0.2) is 0 Å². The molecule has 16 heavy (non-hydrogen) atoms. The maximum atomic E-state index is 3.44. The van der Waals surface area contributed by atoms with Crippen LogP contribution in [-0.2, 0) is 19.3 Å².